The highest BCUT2D eigenvalue weighted by molar-refractivity contribution is 5.96. The fraction of sp³-hybridized carbons (Fsp3) is 0.281. The van der Waals surface area contributed by atoms with Gasteiger partial charge in [-0.25, -0.2) is 14.4 Å². The quantitative estimate of drug-likeness (QED) is 0.158. The first-order valence-electron chi connectivity index (χ1n) is 13.5. The maximum absolute atomic E-state index is 14.6. The summed E-state index contributed by atoms with van der Waals surface area (Å²) in [7, 11) is 1.38. The van der Waals surface area contributed by atoms with E-state index in [0.717, 1.165) is 5.56 Å². The van der Waals surface area contributed by atoms with Crippen LogP contribution in [0.1, 0.15) is 36.2 Å². The van der Waals surface area contributed by atoms with Gasteiger partial charge in [-0.3, -0.25) is 4.79 Å². The Bertz CT molecular complexity index is 1550. The predicted molar refractivity (Wildman–Crippen MR) is 161 cm³/mol. The van der Waals surface area contributed by atoms with E-state index in [0.29, 0.717) is 59.5 Å². The third kappa shape index (κ3) is 7.44. The molecule has 5 rings (SSSR count). The van der Waals surface area contributed by atoms with Crippen LogP contribution in [0.2, 0.25) is 0 Å². The number of methoxy groups -OCH3 is 1. The molecule has 6 bridgehead atoms. The van der Waals surface area contributed by atoms with Crippen LogP contribution in [0.15, 0.2) is 71.9 Å². The van der Waals surface area contributed by atoms with Crippen LogP contribution < -0.4 is 21.1 Å². The number of rotatable bonds is 5. The van der Waals surface area contributed by atoms with Crippen molar-refractivity contribution in [1.29, 1.82) is 0 Å². The molecule has 3 heterocycles. The molecule has 0 fully saturated rings. The predicted octanol–water partition coefficient (Wildman–Crippen LogP) is 5.54. The minimum Gasteiger partial charge on any atom is -0.488 e. The van der Waals surface area contributed by atoms with Gasteiger partial charge < -0.3 is 30.6 Å². The number of amides is 1. The fourth-order valence-electron chi connectivity index (χ4n) is 4.32. The summed E-state index contributed by atoms with van der Waals surface area (Å²) < 4.78 is 31.8. The van der Waals surface area contributed by atoms with E-state index in [-0.39, 0.29) is 36.4 Å². The van der Waals surface area contributed by atoms with Gasteiger partial charge in [-0.1, -0.05) is 13.0 Å². The number of aromatic nitrogens is 2. The molecule has 218 valence electrons. The van der Waals surface area contributed by atoms with Gasteiger partial charge >= 0.3 is 0 Å². The molecule has 1 amide bonds. The monoisotopic (exact) mass is 571 g/mol. The van der Waals surface area contributed by atoms with Crippen molar-refractivity contribution in [2.24, 2.45) is 5.92 Å². The number of fused-ring (bicyclic) bond motifs is 9. The minimum atomic E-state index is -0.530. The minimum absolute atomic E-state index is 0.0546. The molecule has 3 aromatic rings. The number of carbonyl (C=O) groups is 1. The number of nitrogens with one attached hydrogen (secondary N) is 2. The standard InChI is InChI=1S/C32H34FN5O4/c1-5-26(33)25(29(6-2)40-4)19-42-30-10-8-23-15-22(30)18-41-14-12-20(3)17-36-31(39)21-7-9-24(27(34)16-21)28-11-13-35-32(37-23)38-28/h2,5,7-11,13,15-16,20H,12,14,17-19,34H2,1,3-4H3,(H,36,39)(H,35,37,38)/b26-5+,29-25+/t20-/m0/s1. The van der Waals surface area contributed by atoms with Gasteiger partial charge in [-0.2, -0.15) is 0 Å². The van der Waals surface area contributed by atoms with E-state index in [1.807, 2.05) is 13.0 Å². The Balaban J connectivity index is 1.67. The second-order valence-corrected chi connectivity index (χ2v) is 9.75. The van der Waals surface area contributed by atoms with Gasteiger partial charge in [0.2, 0.25) is 5.95 Å². The van der Waals surface area contributed by atoms with Gasteiger partial charge in [0.25, 0.3) is 5.91 Å². The van der Waals surface area contributed by atoms with Crippen LogP contribution in [0.5, 0.6) is 5.75 Å². The molecule has 0 radical (unpaired) electrons. The molecule has 2 aliphatic rings. The number of nitrogens with zero attached hydrogens (tertiary/aromatic N) is 2. The summed E-state index contributed by atoms with van der Waals surface area (Å²) >= 11 is 0. The molecule has 2 aliphatic heterocycles. The summed E-state index contributed by atoms with van der Waals surface area (Å²) in [6.07, 6.45) is 9.15. The van der Waals surface area contributed by atoms with Crippen molar-refractivity contribution in [2.45, 2.75) is 26.9 Å². The van der Waals surface area contributed by atoms with Gasteiger partial charge in [0.1, 0.15) is 18.2 Å². The van der Waals surface area contributed by atoms with Crippen LogP contribution in [-0.2, 0) is 16.1 Å². The van der Waals surface area contributed by atoms with Crippen LogP contribution >= 0.6 is 0 Å². The number of anilines is 3. The summed E-state index contributed by atoms with van der Waals surface area (Å²) in [5.74, 6) is 2.68. The van der Waals surface area contributed by atoms with Gasteiger partial charge in [-0.05, 0) is 67.6 Å². The van der Waals surface area contributed by atoms with Crippen molar-refractivity contribution < 1.29 is 23.4 Å². The Kier molecular flexibility index (Phi) is 10.1. The molecule has 1 aromatic heterocycles. The van der Waals surface area contributed by atoms with Crippen molar-refractivity contribution in [3.63, 3.8) is 0 Å². The number of halogens is 1. The van der Waals surface area contributed by atoms with Crippen LogP contribution in [0.3, 0.4) is 0 Å². The molecule has 4 N–H and O–H groups in total. The number of benzene rings is 2. The Morgan fingerprint density at radius 2 is 2.12 bits per heavy atom. The van der Waals surface area contributed by atoms with E-state index in [4.69, 9.17) is 26.4 Å². The molecule has 1 atom stereocenters. The third-order valence-corrected chi connectivity index (χ3v) is 6.71. The summed E-state index contributed by atoms with van der Waals surface area (Å²) in [5, 5.41) is 6.18. The van der Waals surface area contributed by atoms with Crippen LogP contribution in [-0.4, -0.2) is 42.7 Å². The van der Waals surface area contributed by atoms with E-state index in [9.17, 15) is 9.18 Å². The van der Waals surface area contributed by atoms with Gasteiger partial charge in [-0.15, -0.1) is 6.42 Å². The molecule has 0 unspecified atom stereocenters. The lowest BCUT2D eigenvalue weighted by Gasteiger charge is -2.17. The summed E-state index contributed by atoms with van der Waals surface area (Å²) in [6, 6.07) is 12.3. The molecule has 10 heteroatoms. The summed E-state index contributed by atoms with van der Waals surface area (Å²) in [5.41, 5.74) is 10.0. The molecule has 0 aliphatic carbocycles. The SMILES string of the molecule is C#C/C(OC)=C(COc1ccc2cc1COCC[C@H](C)CNC(=O)c1ccc(c(N)c1)-c1ccnc(n1)N2)\C(F)=C/C. The van der Waals surface area contributed by atoms with E-state index in [1.165, 1.54) is 13.2 Å². The third-order valence-electron chi connectivity index (χ3n) is 6.71. The molecule has 0 saturated heterocycles. The number of ether oxygens (including phenoxy) is 3. The highest BCUT2D eigenvalue weighted by Gasteiger charge is 2.16. The van der Waals surface area contributed by atoms with Crippen molar-refractivity contribution in [1.82, 2.24) is 15.3 Å². The Morgan fingerprint density at radius 1 is 1.29 bits per heavy atom. The van der Waals surface area contributed by atoms with E-state index >= 15 is 0 Å². The first-order chi connectivity index (χ1) is 20.3. The first kappa shape index (κ1) is 30.1. The van der Waals surface area contributed by atoms with Crippen molar-refractivity contribution in [2.75, 3.05) is 37.9 Å². The number of carbonyl (C=O) groups excluding carboxylic acids is 1. The van der Waals surface area contributed by atoms with Crippen molar-refractivity contribution >= 4 is 23.2 Å². The molecular weight excluding hydrogens is 537 g/mol. The highest BCUT2D eigenvalue weighted by atomic mass is 19.1. The number of nitrogens with two attached hydrogens (primary N) is 1. The van der Waals surface area contributed by atoms with Crippen LogP contribution in [0, 0.1) is 18.3 Å². The average molecular weight is 572 g/mol. The number of allylic oxidation sites excluding steroid dienone is 2. The molecule has 9 nitrogen and oxygen atoms in total. The number of terminal acetylenes is 1. The molecule has 2 aromatic carbocycles. The highest BCUT2D eigenvalue weighted by Crippen LogP contribution is 2.29. The number of hydrogen-bond donors (Lipinski definition) is 3. The second-order valence-electron chi connectivity index (χ2n) is 9.75. The zero-order valence-electron chi connectivity index (χ0n) is 23.9. The van der Waals surface area contributed by atoms with Crippen molar-refractivity contribution in [3.8, 4) is 29.4 Å². The zero-order chi connectivity index (χ0) is 30.1. The lowest BCUT2D eigenvalue weighted by molar-refractivity contribution is 0.0924. The largest absolute Gasteiger partial charge is 0.488 e. The maximum Gasteiger partial charge on any atom is 0.251 e. The summed E-state index contributed by atoms with van der Waals surface area (Å²) in [4.78, 5) is 21.7. The second kappa shape index (κ2) is 14.1. The number of hydrogen-bond acceptors (Lipinski definition) is 8. The normalized spacial score (nSPS) is 16.5. The molecule has 0 saturated carbocycles. The molecule has 42 heavy (non-hydrogen) atoms. The lowest BCUT2D eigenvalue weighted by atomic mass is 10.0. The Morgan fingerprint density at radius 3 is 2.86 bits per heavy atom. The van der Waals surface area contributed by atoms with Gasteiger partial charge in [0.05, 0.1) is 25.0 Å². The first-order valence-corrected chi connectivity index (χ1v) is 13.5. The lowest BCUT2D eigenvalue weighted by Crippen LogP contribution is -2.28. The van der Waals surface area contributed by atoms with Crippen LogP contribution in [0.25, 0.3) is 11.3 Å². The zero-order valence-corrected chi connectivity index (χ0v) is 23.9. The topological polar surface area (TPSA) is 121 Å². The Hall–Kier alpha value is -4.88. The molecule has 0 spiro atoms. The summed E-state index contributed by atoms with van der Waals surface area (Å²) in [6.45, 7) is 4.61. The average Bonchev–Trinajstić information content (AvgIpc) is 3.00. The van der Waals surface area contributed by atoms with Gasteiger partial charge in [0.15, 0.2) is 5.76 Å². The molecular formula is C32H34FN5O4. The number of nitrogen functional groups attached to an aromatic ring is 1. The van der Waals surface area contributed by atoms with E-state index in [2.05, 4.69) is 26.5 Å². The maximum atomic E-state index is 14.6. The van der Waals surface area contributed by atoms with Crippen LogP contribution in [0.4, 0.5) is 21.7 Å². The van der Waals surface area contributed by atoms with E-state index < -0.39 is 5.83 Å². The fourth-order valence-corrected chi connectivity index (χ4v) is 4.32. The Labute approximate surface area is 245 Å². The smallest absolute Gasteiger partial charge is 0.251 e. The van der Waals surface area contributed by atoms with E-state index in [1.54, 1.807) is 49.5 Å². The van der Waals surface area contributed by atoms with Crippen molar-refractivity contribution in [3.05, 3.63) is 83.0 Å². The van der Waals surface area contributed by atoms with Gasteiger partial charge in [0, 0.05) is 47.4 Å².